The molecule has 4 heteroatoms. The van der Waals surface area contributed by atoms with Gasteiger partial charge in [-0.2, -0.15) is 0 Å². The Morgan fingerprint density at radius 2 is 1.68 bits per heavy atom. The number of para-hydroxylation sites is 1. The Labute approximate surface area is 111 Å². The van der Waals surface area contributed by atoms with Gasteiger partial charge in [0.05, 0.1) is 0 Å². The number of benzene rings is 2. The number of rotatable bonds is 3. The van der Waals surface area contributed by atoms with Gasteiger partial charge in [-0.25, -0.2) is 4.79 Å². The number of primary amides is 1. The number of hydrogen-bond acceptors (Lipinski definition) is 3. The molecule has 98 valence electrons. The van der Waals surface area contributed by atoms with Gasteiger partial charge < -0.3 is 15.6 Å². The summed E-state index contributed by atoms with van der Waals surface area (Å²) < 4.78 is 5.00. The third-order valence-corrected chi connectivity index (χ3v) is 2.89. The Morgan fingerprint density at radius 1 is 1.11 bits per heavy atom. The first-order valence-electron chi connectivity index (χ1n) is 5.93. The number of hydrogen-bond donors (Lipinski definition) is 2. The van der Waals surface area contributed by atoms with Gasteiger partial charge in [-0.3, -0.25) is 0 Å². The van der Waals surface area contributed by atoms with Crippen molar-refractivity contribution in [1.29, 1.82) is 0 Å². The van der Waals surface area contributed by atoms with Gasteiger partial charge >= 0.3 is 6.09 Å². The molecule has 0 heterocycles. The van der Waals surface area contributed by atoms with Crippen molar-refractivity contribution in [3.8, 4) is 16.9 Å². The molecule has 3 N–H and O–H groups in total. The summed E-state index contributed by atoms with van der Waals surface area (Å²) in [5.74, 6) is 0.182. The van der Waals surface area contributed by atoms with Crippen molar-refractivity contribution in [2.75, 3.05) is 0 Å². The molecule has 2 aromatic carbocycles. The van der Waals surface area contributed by atoms with Gasteiger partial charge in [0.1, 0.15) is 11.9 Å². The maximum absolute atomic E-state index is 10.8. The zero-order valence-corrected chi connectivity index (χ0v) is 10.5. The first kappa shape index (κ1) is 13.0. The van der Waals surface area contributed by atoms with Crippen molar-refractivity contribution < 1.29 is 14.6 Å². The summed E-state index contributed by atoms with van der Waals surface area (Å²) in [4.78, 5) is 10.8. The molecule has 0 saturated heterocycles. The lowest BCUT2D eigenvalue weighted by Crippen LogP contribution is -2.16. The highest BCUT2D eigenvalue weighted by Gasteiger charge is 2.15. The number of phenols is 1. The van der Waals surface area contributed by atoms with Crippen LogP contribution >= 0.6 is 0 Å². The average molecular weight is 257 g/mol. The minimum Gasteiger partial charge on any atom is -0.507 e. The Balaban J connectivity index is 2.47. The van der Waals surface area contributed by atoms with E-state index in [-0.39, 0.29) is 5.75 Å². The van der Waals surface area contributed by atoms with E-state index in [1.807, 2.05) is 36.4 Å². The van der Waals surface area contributed by atoms with Gasteiger partial charge in [0, 0.05) is 11.1 Å². The maximum atomic E-state index is 10.8. The SMILES string of the molecule is CC(OC(N)=O)c1ccccc1-c1ccccc1O. The third kappa shape index (κ3) is 2.85. The van der Waals surface area contributed by atoms with Crippen molar-refractivity contribution in [2.24, 2.45) is 5.73 Å². The lowest BCUT2D eigenvalue weighted by molar-refractivity contribution is 0.117. The van der Waals surface area contributed by atoms with Crippen LogP contribution in [-0.2, 0) is 4.74 Å². The number of phenolic OH excluding ortho intramolecular Hbond substituents is 1. The van der Waals surface area contributed by atoms with Crippen molar-refractivity contribution >= 4 is 6.09 Å². The van der Waals surface area contributed by atoms with Crippen LogP contribution in [0.25, 0.3) is 11.1 Å². The monoisotopic (exact) mass is 257 g/mol. The molecule has 0 fully saturated rings. The van der Waals surface area contributed by atoms with Gasteiger partial charge in [0.2, 0.25) is 0 Å². The van der Waals surface area contributed by atoms with E-state index in [9.17, 15) is 9.90 Å². The minimum atomic E-state index is -0.820. The second-order valence-corrected chi connectivity index (χ2v) is 4.18. The van der Waals surface area contributed by atoms with Crippen molar-refractivity contribution in [1.82, 2.24) is 0 Å². The zero-order chi connectivity index (χ0) is 13.8. The number of carbonyl (C=O) groups is 1. The first-order chi connectivity index (χ1) is 9.09. The van der Waals surface area contributed by atoms with Gasteiger partial charge in [0.15, 0.2) is 0 Å². The topological polar surface area (TPSA) is 72.5 Å². The molecule has 1 atom stereocenters. The van der Waals surface area contributed by atoms with Crippen LogP contribution in [0.4, 0.5) is 4.79 Å². The molecule has 0 aromatic heterocycles. The largest absolute Gasteiger partial charge is 0.507 e. The lowest BCUT2D eigenvalue weighted by atomic mass is 9.96. The Hall–Kier alpha value is -2.49. The van der Waals surface area contributed by atoms with Crippen molar-refractivity contribution in [3.05, 3.63) is 54.1 Å². The van der Waals surface area contributed by atoms with Crippen LogP contribution in [0.1, 0.15) is 18.6 Å². The first-order valence-corrected chi connectivity index (χ1v) is 5.93. The molecule has 1 amide bonds. The van der Waals surface area contributed by atoms with Gasteiger partial charge in [-0.15, -0.1) is 0 Å². The van der Waals surface area contributed by atoms with E-state index in [0.29, 0.717) is 5.56 Å². The number of carbonyl (C=O) groups excluding carboxylic acids is 1. The summed E-state index contributed by atoms with van der Waals surface area (Å²) in [6, 6.07) is 14.4. The summed E-state index contributed by atoms with van der Waals surface area (Å²) in [7, 11) is 0. The second-order valence-electron chi connectivity index (χ2n) is 4.18. The highest BCUT2D eigenvalue weighted by molar-refractivity contribution is 5.74. The van der Waals surface area contributed by atoms with E-state index in [4.69, 9.17) is 10.5 Å². The number of aromatic hydroxyl groups is 1. The molecule has 2 rings (SSSR count). The fraction of sp³-hybridized carbons (Fsp3) is 0.133. The van der Waals surface area contributed by atoms with Gasteiger partial charge in [0.25, 0.3) is 0 Å². The van der Waals surface area contributed by atoms with Crippen LogP contribution in [0.3, 0.4) is 0 Å². The van der Waals surface area contributed by atoms with E-state index in [2.05, 4.69) is 0 Å². The zero-order valence-electron chi connectivity index (χ0n) is 10.5. The summed E-state index contributed by atoms with van der Waals surface area (Å²) >= 11 is 0. The fourth-order valence-corrected chi connectivity index (χ4v) is 2.04. The predicted octanol–water partition coefficient (Wildman–Crippen LogP) is 3.22. The molecule has 0 aliphatic heterocycles. The lowest BCUT2D eigenvalue weighted by Gasteiger charge is -2.16. The van der Waals surface area contributed by atoms with Crippen LogP contribution in [-0.4, -0.2) is 11.2 Å². The average Bonchev–Trinajstić information content (AvgIpc) is 2.38. The smallest absolute Gasteiger partial charge is 0.405 e. The quantitative estimate of drug-likeness (QED) is 0.886. The molecular weight excluding hydrogens is 242 g/mol. The molecule has 4 nitrogen and oxygen atoms in total. The van der Waals surface area contributed by atoms with Crippen LogP contribution in [0.15, 0.2) is 48.5 Å². The number of amides is 1. The summed E-state index contributed by atoms with van der Waals surface area (Å²) in [5, 5.41) is 9.92. The Kier molecular flexibility index (Phi) is 3.71. The molecule has 1 unspecified atom stereocenters. The molecular formula is C15H15NO3. The normalized spacial score (nSPS) is 11.8. The van der Waals surface area contributed by atoms with Crippen molar-refractivity contribution in [2.45, 2.75) is 13.0 Å². The summed E-state index contributed by atoms with van der Waals surface area (Å²) in [6.45, 7) is 1.74. The number of nitrogens with two attached hydrogens (primary N) is 1. The standard InChI is InChI=1S/C15H15NO3/c1-10(19-15(16)18)11-6-2-3-7-12(11)13-8-4-5-9-14(13)17/h2-10,17H,1H3,(H2,16,18). The molecule has 0 aliphatic carbocycles. The van der Waals surface area contributed by atoms with Gasteiger partial charge in [-0.05, 0) is 18.6 Å². The highest BCUT2D eigenvalue weighted by Crippen LogP contribution is 2.34. The van der Waals surface area contributed by atoms with Crippen LogP contribution in [0.5, 0.6) is 5.75 Å². The maximum Gasteiger partial charge on any atom is 0.405 e. The molecule has 0 bridgehead atoms. The fourth-order valence-electron chi connectivity index (χ4n) is 2.04. The van der Waals surface area contributed by atoms with E-state index >= 15 is 0 Å². The van der Waals surface area contributed by atoms with Crippen LogP contribution < -0.4 is 5.73 Å². The van der Waals surface area contributed by atoms with Crippen molar-refractivity contribution in [3.63, 3.8) is 0 Å². The van der Waals surface area contributed by atoms with Gasteiger partial charge in [-0.1, -0.05) is 42.5 Å². The molecule has 0 saturated carbocycles. The summed E-state index contributed by atoms with van der Waals surface area (Å²) in [5.41, 5.74) is 7.34. The molecule has 19 heavy (non-hydrogen) atoms. The Bertz CT molecular complexity index is 595. The van der Waals surface area contributed by atoms with E-state index < -0.39 is 12.2 Å². The predicted molar refractivity (Wildman–Crippen MR) is 72.6 cm³/mol. The number of ether oxygens (including phenoxy) is 1. The molecule has 2 aromatic rings. The van der Waals surface area contributed by atoms with Crippen LogP contribution in [0, 0.1) is 0 Å². The van der Waals surface area contributed by atoms with Crippen LogP contribution in [0.2, 0.25) is 0 Å². The van der Waals surface area contributed by atoms with E-state index in [0.717, 1.165) is 11.1 Å². The molecule has 0 spiro atoms. The third-order valence-electron chi connectivity index (χ3n) is 2.89. The molecule has 0 radical (unpaired) electrons. The minimum absolute atomic E-state index is 0.182. The summed E-state index contributed by atoms with van der Waals surface area (Å²) in [6.07, 6.45) is -1.30. The molecule has 0 aliphatic rings. The van der Waals surface area contributed by atoms with E-state index in [1.165, 1.54) is 0 Å². The van der Waals surface area contributed by atoms with E-state index in [1.54, 1.807) is 19.1 Å². The highest BCUT2D eigenvalue weighted by atomic mass is 16.6. The Morgan fingerprint density at radius 3 is 2.32 bits per heavy atom. The second kappa shape index (κ2) is 5.44.